The van der Waals surface area contributed by atoms with Gasteiger partial charge in [0, 0.05) is 5.38 Å². The zero-order valence-corrected chi connectivity index (χ0v) is 10.0. The molecule has 1 aliphatic rings. The average Bonchev–Trinajstić information content (AvgIpc) is 2.03. The average molecular weight is 203 g/mol. The van der Waals surface area contributed by atoms with Crippen LogP contribution in [0.2, 0.25) is 0 Å². The maximum absolute atomic E-state index is 6.39. The summed E-state index contributed by atoms with van der Waals surface area (Å²) in [4.78, 5) is 0. The van der Waals surface area contributed by atoms with Crippen molar-refractivity contribution in [1.82, 2.24) is 0 Å². The van der Waals surface area contributed by atoms with Gasteiger partial charge in [-0.05, 0) is 37.0 Å². The van der Waals surface area contributed by atoms with Crippen molar-refractivity contribution in [2.45, 2.75) is 64.7 Å². The summed E-state index contributed by atoms with van der Waals surface area (Å²) >= 11 is 6.39. The van der Waals surface area contributed by atoms with E-state index in [4.69, 9.17) is 11.6 Å². The predicted octanol–water partition coefficient (Wildman–Crippen LogP) is 4.61. The molecule has 1 fully saturated rings. The molecule has 0 aromatic carbocycles. The molecule has 0 bridgehead atoms. The van der Waals surface area contributed by atoms with Crippen LogP contribution in [0.25, 0.3) is 0 Å². The minimum absolute atomic E-state index is 0.435. The van der Waals surface area contributed by atoms with Crippen molar-refractivity contribution in [1.29, 1.82) is 0 Å². The first-order valence-electron chi connectivity index (χ1n) is 5.69. The molecule has 0 nitrogen and oxygen atoms in total. The second-order valence-corrected chi connectivity index (χ2v) is 5.89. The molecular formula is C12H23Cl. The highest BCUT2D eigenvalue weighted by molar-refractivity contribution is 6.20. The summed E-state index contributed by atoms with van der Waals surface area (Å²) in [5.41, 5.74) is 0.545. The summed E-state index contributed by atoms with van der Waals surface area (Å²) in [6.07, 6.45) is 7.88. The molecule has 0 amide bonds. The third-order valence-electron chi connectivity index (χ3n) is 3.32. The van der Waals surface area contributed by atoms with Crippen molar-refractivity contribution < 1.29 is 0 Å². The van der Waals surface area contributed by atoms with E-state index in [1.54, 1.807) is 0 Å². The Labute approximate surface area is 88.1 Å². The standard InChI is InChI=1S/C12H23Cl/c1-4-6-11(13)10-7-5-8-12(2,3)9-10/h10-11H,4-9H2,1-3H3. The van der Waals surface area contributed by atoms with Crippen molar-refractivity contribution >= 4 is 11.6 Å². The van der Waals surface area contributed by atoms with Crippen LogP contribution in [0.4, 0.5) is 0 Å². The molecule has 78 valence electrons. The Bertz CT molecular complexity index is 151. The quantitative estimate of drug-likeness (QED) is 0.587. The van der Waals surface area contributed by atoms with E-state index in [0.29, 0.717) is 10.8 Å². The van der Waals surface area contributed by atoms with Gasteiger partial charge in [0.2, 0.25) is 0 Å². The van der Waals surface area contributed by atoms with Crippen LogP contribution in [0.15, 0.2) is 0 Å². The van der Waals surface area contributed by atoms with Crippen LogP contribution in [0.5, 0.6) is 0 Å². The van der Waals surface area contributed by atoms with E-state index < -0.39 is 0 Å². The van der Waals surface area contributed by atoms with E-state index in [2.05, 4.69) is 20.8 Å². The Balaban J connectivity index is 2.42. The van der Waals surface area contributed by atoms with Gasteiger partial charge in [0.25, 0.3) is 0 Å². The lowest BCUT2D eigenvalue weighted by Gasteiger charge is -2.37. The number of hydrogen-bond acceptors (Lipinski definition) is 0. The lowest BCUT2D eigenvalue weighted by atomic mass is 9.71. The summed E-state index contributed by atoms with van der Waals surface area (Å²) in [7, 11) is 0. The van der Waals surface area contributed by atoms with Gasteiger partial charge in [-0.1, -0.05) is 33.6 Å². The fourth-order valence-electron chi connectivity index (χ4n) is 2.58. The Kier molecular flexibility index (Phi) is 4.09. The van der Waals surface area contributed by atoms with Crippen LogP contribution in [0, 0.1) is 11.3 Å². The highest BCUT2D eigenvalue weighted by Crippen LogP contribution is 2.41. The first-order chi connectivity index (χ1) is 6.05. The molecule has 1 rings (SSSR count). The van der Waals surface area contributed by atoms with Crippen LogP contribution in [0.3, 0.4) is 0 Å². The summed E-state index contributed by atoms with van der Waals surface area (Å²) in [6.45, 7) is 6.99. The van der Waals surface area contributed by atoms with Crippen LogP contribution in [-0.4, -0.2) is 5.38 Å². The van der Waals surface area contributed by atoms with Crippen molar-refractivity contribution in [3.05, 3.63) is 0 Å². The second-order valence-electron chi connectivity index (χ2n) is 5.33. The first-order valence-corrected chi connectivity index (χ1v) is 6.13. The monoisotopic (exact) mass is 202 g/mol. The zero-order valence-electron chi connectivity index (χ0n) is 9.28. The lowest BCUT2D eigenvalue weighted by Crippen LogP contribution is -2.28. The largest absolute Gasteiger partial charge is 0.123 e. The molecule has 0 aromatic heterocycles. The zero-order chi connectivity index (χ0) is 9.90. The molecule has 0 saturated heterocycles. The number of halogens is 1. The molecule has 13 heavy (non-hydrogen) atoms. The van der Waals surface area contributed by atoms with Gasteiger partial charge in [-0.3, -0.25) is 0 Å². The van der Waals surface area contributed by atoms with E-state index >= 15 is 0 Å². The molecule has 0 N–H and O–H groups in total. The highest BCUT2D eigenvalue weighted by atomic mass is 35.5. The fraction of sp³-hybridized carbons (Fsp3) is 1.00. The number of hydrogen-bond donors (Lipinski definition) is 0. The molecular weight excluding hydrogens is 180 g/mol. The predicted molar refractivity (Wildman–Crippen MR) is 60.3 cm³/mol. The van der Waals surface area contributed by atoms with Gasteiger partial charge in [0.1, 0.15) is 0 Å². The Morgan fingerprint density at radius 2 is 2.15 bits per heavy atom. The van der Waals surface area contributed by atoms with Gasteiger partial charge in [0.05, 0.1) is 0 Å². The van der Waals surface area contributed by atoms with E-state index in [1.807, 2.05) is 0 Å². The highest BCUT2D eigenvalue weighted by Gasteiger charge is 2.31. The number of alkyl halides is 1. The molecule has 0 spiro atoms. The van der Waals surface area contributed by atoms with Crippen LogP contribution < -0.4 is 0 Å². The molecule has 0 heterocycles. The number of rotatable bonds is 3. The van der Waals surface area contributed by atoms with Gasteiger partial charge < -0.3 is 0 Å². The first kappa shape index (κ1) is 11.4. The van der Waals surface area contributed by atoms with E-state index in [9.17, 15) is 0 Å². The second kappa shape index (κ2) is 4.68. The van der Waals surface area contributed by atoms with Gasteiger partial charge in [0.15, 0.2) is 0 Å². The Morgan fingerprint density at radius 1 is 1.46 bits per heavy atom. The van der Waals surface area contributed by atoms with Crippen LogP contribution in [-0.2, 0) is 0 Å². The van der Waals surface area contributed by atoms with E-state index in [0.717, 1.165) is 5.92 Å². The molecule has 2 unspecified atom stereocenters. The minimum Gasteiger partial charge on any atom is -0.123 e. The third kappa shape index (κ3) is 3.50. The normalized spacial score (nSPS) is 30.0. The SMILES string of the molecule is CCCC(Cl)C1CCCC(C)(C)C1. The summed E-state index contributed by atoms with van der Waals surface area (Å²) < 4.78 is 0. The summed E-state index contributed by atoms with van der Waals surface area (Å²) in [6, 6.07) is 0. The summed E-state index contributed by atoms with van der Waals surface area (Å²) in [5.74, 6) is 0.783. The Morgan fingerprint density at radius 3 is 2.69 bits per heavy atom. The third-order valence-corrected chi connectivity index (χ3v) is 3.89. The summed E-state index contributed by atoms with van der Waals surface area (Å²) in [5, 5.41) is 0.435. The van der Waals surface area contributed by atoms with Crippen LogP contribution in [0.1, 0.15) is 59.3 Å². The Hall–Kier alpha value is 0.290. The molecule has 0 radical (unpaired) electrons. The molecule has 0 aromatic rings. The van der Waals surface area contributed by atoms with Crippen LogP contribution >= 0.6 is 11.6 Å². The van der Waals surface area contributed by atoms with Crippen molar-refractivity contribution in [2.24, 2.45) is 11.3 Å². The molecule has 2 atom stereocenters. The molecule has 0 aliphatic heterocycles. The molecule has 1 saturated carbocycles. The van der Waals surface area contributed by atoms with Gasteiger partial charge in [-0.2, -0.15) is 0 Å². The van der Waals surface area contributed by atoms with E-state index in [1.165, 1.54) is 38.5 Å². The molecule has 1 heteroatoms. The van der Waals surface area contributed by atoms with E-state index in [-0.39, 0.29) is 0 Å². The maximum atomic E-state index is 6.39. The van der Waals surface area contributed by atoms with Crippen molar-refractivity contribution in [3.8, 4) is 0 Å². The maximum Gasteiger partial charge on any atom is 0.0364 e. The fourth-order valence-corrected chi connectivity index (χ4v) is 3.01. The van der Waals surface area contributed by atoms with Gasteiger partial charge in [-0.25, -0.2) is 0 Å². The smallest absolute Gasteiger partial charge is 0.0364 e. The lowest BCUT2D eigenvalue weighted by molar-refractivity contribution is 0.174. The van der Waals surface area contributed by atoms with Crippen molar-refractivity contribution in [2.75, 3.05) is 0 Å². The minimum atomic E-state index is 0.435. The van der Waals surface area contributed by atoms with Crippen molar-refractivity contribution in [3.63, 3.8) is 0 Å². The topological polar surface area (TPSA) is 0 Å². The van der Waals surface area contributed by atoms with Gasteiger partial charge >= 0.3 is 0 Å². The van der Waals surface area contributed by atoms with Gasteiger partial charge in [-0.15, -0.1) is 11.6 Å². The molecule has 1 aliphatic carbocycles.